The fourth-order valence-electron chi connectivity index (χ4n) is 3.60. The number of rotatable bonds is 9. The van der Waals surface area contributed by atoms with E-state index in [0.717, 1.165) is 12.1 Å². The number of nitrogens with one attached hydrogen (secondary N) is 3. The van der Waals surface area contributed by atoms with E-state index in [0.29, 0.717) is 19.4 Å². The van der Waals surface area contributed by atoms with Crippen LogP contribution < -0.4 is 21.7 Å². The summed E-state index contributed by atoms with van der Waals surface area (Å²) < 4.78 is 0. The second-order valence-electron chi connectivity index (χ2n) is 7.67. The Morgan fingerprint density at radius 2 is 1.90 bits per heavy atom. The van der Waals surface area contributed by atoms with Gasteiger partial charge >= 0.3 is 0 Å². The van der Waals surface area contributed by atoms with Gasteiger partial charge in [-0.1, -0.05) is 30.3 Å². The summed E-state index contributed by atoms with van der Waals surface area (Å²) in [7, 11) is 0. The average Bonchev–Trinajstić information content (AvgIpc) is 2.71. The molecule has 6 N–H and O–H groups in total. The van der Waals surface area contributed by atoms with Crippen molar-refractivity contribution in [3.05, 3.63) is 35.9 Å². The molecule has 1 heterocycles. The summed E-state index contributed by atoms with van der Waals surface area (Å²) in [5.41, 5.74) is 6.65. The van der Waals surface area contributed by atoms with E-state index in [1.54, 1.807) is 0 Å². The predicted octanol–water partition coefficient (Wildman–Crippen LogP) is -0.332. The van der Waals surface area contributed by atoms with Gasteiger partial charge in [0.2, 0.25) is 11.8 Å². The van der Waals surface area contributed by atoms with Gasteiger partial charge in [-0.2, -0.15) is 0 Å². The zero-order valence-corrected chi connectivity index (χ0v) is 17.1. The van der Waals surface area contributed by atoms with Crippen LogP contribution in [0.4, 0.5) is 0 Å². The van der Waals surface area contributed by atoms with Crippen molar-refractivity contribution in [2.24, 2.45) is 11.7 Å². The molecule has 0 aromatic heterocycles. The number of carbonyl (C=O) groups excluding carboxylic acids is 3. The van der Waals surface area contributed by atoms with Gasteiger partial charge in [-0.3, -0.25) is 14.4 Å². The molecule has 2 rings (SSSR count). The summed E-state index contributed by atoms with van der Waals surface area (Å²) in [5, 5.41) is 18.6. The Balaban J connectivity index is 2.01. The second kappa shape index (κ2) is 11.0. The molecule has 29 heavy (non-hydrogen) atoms. The van der Waals surface area contributed by atoms with Crippen LogP contribution in [0.25, 0.3) is 0 Å². The highest BCUT2D eigenvalue weighted by atomic mass is 16.3. The Bertz CT molecular complexity index is 695. The molecule has 0 spiro atoms. The molecule has 1 saturated heterocycles. The maximum absolute atomic E-state index is 12.8. The summed E-state index contributed by atoms with van der Waals surface area (Å²) in [4.78, 5) is 37.1. The molecular weight excluding hydrogens is 372 g/mol. The number of benzene rings is 1. The minimum atomic E-state index is -1.14. The summed E-state index contributed by atoms with van der Waals surface area (Å²) in [6.45, 7) is 4.33. The summed E-state index contributed by atoms with van der Waals surface area (Å²) in [5.74, 6) is -1.23. The number of amides is 2. The van der Waals surface area contributed by atoms with Crippen molar-refractivity contribution >= 4 is 17.6 Å². The van der Waals surface area contributed by atoms with E-state index in [-0.39, 0.29) is 30.1 Å². The lowest BCUT2D eigenvalue weighted by atomic mass is 9.85. The maximum atomic E-state index is 12.8. The third-order valence-corrected chi connectivity index (χ3v) is 5.32. The van der Waals surface area contributed by atoms with Crippen molar-refractivity contribution in [3.8, 4) is 0 Å². The predicted molar refractivity (Wildman–Crippen MR) is 110 cm³/mol. The molecule has 1 aromatic rings. The van der Waals surface area contributed by atoms with Crippen LogP contribution in [-0.2, 0) is 14.4 Å². The van der Waals surface area contributed by atoms with E-state index in [1.807, 2.05) is 30.3 Å². The van der Waals surface area contributed by atoms with Gasteiger partial charge in [-0.25, -0.2) is 0 Å². The van der Waals surface area contributed by atoms with E-state index in [4.69, 9.17) is 5.73 Å². The molecule has 8 heteroatoms. The minimum absolute atomic E-state index is 0.200. The standard InChI is InChI=1S/C21H32N4O4/c1-13(26)18(8-9-22)24-21(29)19(14(2)27)25-20(28)17-10-16(11-23-12-17)15-6-4-3-5-7-15/h3-7,14,16-19,23,27H,8-12,22H2,1-2H3,(H,24,29)(H,25,28)/t14-,16?,17?,18-,19-/m0/s1. The fraction of sp³-hybridized carbons (Fsp3) is 0.571. The van der Waals surface area contributed by atoms with Gasteiger partial charge in [0.05, 0.1) is 18.1 Å². The molecule has 1 aliphatic rings. The second-order valence-corrected chi connectivity index (χ2v) is 7.67. The van der Waals surface area contributed by atoms with E-state index >= 15 is 0 Å². The molecule has 2 amide bonds. The van der Waals surface area contributed by atoms with Crippen LogP contribution in [-0.4, -0.2) is 60.5 Å². The molecule has 5 atom stereocenters. The lowest BCUT2D eigenvalue weighted by molar-refractivity contribution is -0.135. The van der Waals surface area contributed by atoms with Crippen molar-refractivity contribution in [3.63, 3.8) is 0 Å². The molecular formula is C21H32N4O4. The smallest absolute Gasteiger partial charge is 0.245 e. The number of piperidine rings is 1. The number of hydrogen-bond acceptors (Lipinski definition) is 6. The molecule has 160 valence electrons. The third kappa shape index (κ3) is 6.62. The number of aliphatic hydroxyl groups excluding tert-OH is 1. The molecule has 8 nitrogen and oxygen atoms in total. The Morgan fingerprint density at radius 3 is 2.48 bits per heavy atom. The Hall–Kier alpha value is -2.29. The number of nitrogens with two attached hydrogens (primary N) is 1. The summed E-state index contributed by atoms with van der Waals surface area (Å²) in [6.07, 6.45) is -0.154. The zero-order valence-electron chi connectivity index (χ0n) is 17.1. The SMILES string of the molecule is CC(=O)[C@H](CCN)NC(=O)[C@@H](NC(=O)C1CNCC(c2ccccc2)C1)[C@H](C)O. The highest BCUT2D eigenvalue weighted by Gasteiger charge is 2.33. The first-order valence-electron chi connectivity index (χ1n) is 10.1. The van der Waals surface area contributed by atoms with Crippen molar-refractivity contribution in [1.82, 2.24) is 16.0 Å². The minimum Gasteiger partial charge on any atom is -0.391 e. The van der Waals surface area contributed by atoms with Gasteiger partial charge in [-0.15, -0.1) is 0 Å². The Kier molecular flexibility index (Phi) is 8.75. The van der Waals surface area contributed by atoms with Crippen LogP contribution in [0, 0.1) is 5.92 Å². The van der Waals surface area contributed by atoms with E-state index < -0.39 is 24.1 Å². The molecule has 0 radical (unpaired) electrons. The largest absolute Gasteiger partial charge is 0.391 e. The number of hydrogen-bond donors (Lipinski definition) is 5. The average molecular weight is 405 g/mol. The van der Waals surface area contributed by atoms with Crippen molar-refractivity contribution < 1.29 is 19.5 Å². The number of ketones is 1. The van der Waals surface area contributed by atoms with Crippen molar-refractivity contribution in [2.45, 2.75) is 50.8 Å². The first-order valence-corrected chi connectivity index (χ1v) is 10.1. The molecule has 1 aliphatic heterocycles. The summed E-state index contributed by atoms with van der Waals surface area (Å²) in [6, 6.07) is 8.10. The van der Waals surface area contributed by atoms with Crippen LogP contribution in [0.1, 0.15) is 38.2 Å². The fourth-order valence-corrected chi connectivity index (χ4v) is 3.60. The molecule has 0 aliphatic carbocycles. The highest BCUT2D eigenvalue weighted by molar-refractivity contribution is 5.92. The molecule has 0 saturated carbocycles. The van der Waals surface area contributed by atoms with Crippen LogP contribution in [0.15, 0.2) is 30.3 Å². The first-order chi connectivity index (χ1) is 13.8. The normalized spacial score (nSPS) is 22.2. The lowest BCUT2D eigenvalue weighted by Crippen LogP contribution is -2.57. The lowest BCUT2D eigenvalue weighted by Gasteiger charge is -2.31. The number of Topliss-reactive ketones (excluding diaryl/α,β-unsaturated/α-hetero) is 1. The molecule has 0 bridgehead atoms. The molecule has 1 fully saturated rings. The topological polar surface area (TPSA) is 134 Å². The van der Waals surface area contributed by atoms with Crippen LogP contribution in [0.2, 0.25) is 0 Å². The number of aliphatic hydroxyl groups is 1. The summed E-state index contributed by atoms with van der Waals surface area (Å²) >= 11 is 0. The van der Waals surface area contributed by atoms with Crippen LogP contribution in [0.3, 0.4) is 0 Å². The van der Waals surface area contributed by atoms with Gasteiger partial charge < -0.3 is 26.8 Å². The molecule has 2 unspecified atom stereocenters. The van der Waals surface area contributed by atoms with Crippen LogP contribution >= 0.6 is 0 Å². The van der Waals surface area contributed by atoms with Crippen LogP contribution in [0.5, 0.6) is 0 Å². The van der Waals surface area contributed by atoms with Gasteiger partial charge in [0.1, 0.15) is 6.04 Å². The Morgan fingerprint density at radius 1 is 1.21 bits per heavy atom. The molecule has 1 aromatic carbocycles. The van der Waals surface area contributed by atoms with Crippen molar-refractivity contribution in [2.75, 3.05) is 19.6 Å². The van der Waals surface area contributed by atoms with Gasteiger partial charge in [0.15, 0.2) is 5.78 Å². The maximum Gasteiger partial charge on any atom is 0.245 e. The first kappa shape index (κ1) is 23.0. The third-order valence-electron chi connectivity index (χ3n) is 5.32. The quantitative estimate of drug-likeness (QED) is 0.383. The monoisotopic (exact) mass is 404 g/mol. The van der Waals surface area contributed by atoms with E-state index in [9.17, 15) is 19.5 Å². The zero-order chi connectivity index (χ0) is 21.4. The van der Waals surface area contributed by atoms with Gasteiger partial charge in [0, 0.05) is 13.1 Å². The Labute approximate surface area is 171 Å². The van der Waals surface area contributed by atoms with E-state index in [1.165, 1.54) is 13.8 Å². The van der Waals surface area contributed by atoms with Gasteiger partial charge in [-0.05, 0) is 44.7 Å². The highest BCUT2D eigenvalue weighted by Crippen LogP contribution is 2.26. The van der Waals surface area contributed by atoms with E-state index in [2.05, 4.69) is 16.0 Å². The van der Waals surface area contributed by atoms with Crippen molar-refractivity contribution in [1.29, 1.82) is 0 Å². The van der Waals surface area contributed by atoms with Gasteiger partial charge in [0.25, 0.3) is 0 Å². The number of carbonyl (C=O) groups is 3.